The molecule has 42 heavy (non-hydrogen) atoms. The molecule has 0 bridgehead atoms. The van der Waals surface area contributed by atoms with Gasteiger partial charge in [-0.15, -0.1) is 11.8 Å². The minimum Gasteiger partial charge on any atom is -0.484 e. The highest BCUT2D eigenvalue weighted by atomic mass is 32.2. The SMILES string of the molecule is CSc1ccc(S(=O)(=O)N(CC(=O)N/N=C\c2ccc(OCC(=O)NC[C@@H]3CCCO3)cc2)c2ccc(C)cc2)cc1. The molecule has 10 nitrogen and oxygen atoms in total. The molecule has 222 valence electrons. The van der Waals surface area contributed by atoms with E-state index in [1.807, 2.05) is 13.2 Å². The van der Waals surface area contributed by atoms with Crippen LogP contribution in [0.25, 0.3) is 0 Å². The van der Waals surface area contributed by atoms with E-state index < -0.39 is 22.5 Å². The highest BCUT2D eigenvalue weighted by molar-refractivity contribution is 7.98. The van der Waals surface area contributed by atoms with E-state index >= 15 is 0 Å². The lowest BCUT2D eigenvalue weighted by Gasteiger charge is -2.24. The molecular weight excluding hydrogens is 576 g/mol. The van der Waals surface area contributed by atoms with E-state index in [0.717, 1.165) is 34.2 Å². The number of nitrogens with zero attached hydrogens (tertiary/aromatic N) is 2. The van der Waals surface area contributed by atoms with E-state index in [1.165, 1.54) is 30.1 Å². The van der Waals surface area contributed by atoms with Gasteiger partial charge in [-0.2, -0.15) is 5.10 Å². The van der Waals surface area contributed by atoms with Crippen LogP contribution in [0.3, 0.4) is 0 Å². The van der Waals surface area contributed by atoms with Crippen LogP contribution in [-0.4, -0.2) is 65.1 Å². The molecule has 0 unspecified atom stereocenters. The molecule has 0 radical (unpaired) electrons. The van der Waals surface area contributed by atoms with Gasteiger partial charge in [0.15, 0.2) is 6.61 Å². The van der Waals surface area contributed by atoms with Crippen LogP contribution in [-0.2, 0) is 24.3 Å². The second-order valence-corrected chi connectivity index (χ2v) is 12.4. The highest BCUT2D eigenvalue weighted by Gasteiger charge is 2.27. The average molecular weight is 611 g/mol. The molecule has 1 heterocycles. The van der Waals surface area contributed by atoms with Crippen LogP contribution >= 0.6 is 11.8 Å². The highest BCUT2D eigenvalue weighted by Crippen LogP contribution is 2.25. The molecule has 1 saturated heterocycles. The Bertz CT molecular complexity index is 1470. The molecular formula is C30H34N4O6S2. The number of aryl methyl sites for hydroxylation is 1. The van der Waals surface area contributed by atoms with Gasteiger partial charge in [-0.3, -0.25) is 13.9 Å². The summed E-state index contributed by atoms with van der Waals surface area (Å²) in [6.07, 6.45) is 5.37. The first-order valence-electron chi connectivity index (χ1n) is 13.4. The van der Waals surface area contributed by atoms with Crippen molar-refractivity contribution in [2.75, 3.05) is 36.9 Å². The fraction of sp³-hybridized carbons (Fsp3) is 0.300. The van der Waals surface area contributed by atoms with Crippen LogP contribution in [0, 0.1) is 6.92 Å². The first kappa shape index (κ1) is 31.1. The molecule has 2 N–H and O–H groups in total. The summed E-state index contributed by atoms with van der Waals surface area (Å²) in [6.45, 7) is 2.53. The van der Waals surface area contributed by atoms with Crippen LogP contribution < -0.4 is 19.8 Å². The van der Waals surface area contributed by atoms with Crippen molar-refractivity contribution in [1.82, 2.24) is 10.7 Å². The Hall–Kier alpha value is -3.87. The quantitative estimate of drug-likeness (QED) is 0.172. The Balaban J connectivity index is 1.33. The van der Waals surface area contributed by atoms with Gasteiger partial charge in [0.1, 0.15) is 12.3 Å². The van der Waals surface area contributed by atoms with Gasteiger partial charge in [0, 0.05) is 18.0 Å². The molecule has 1 atom stereocenters. The number of carbonyl (C=O) groups is 2. The minimum absolute atomic E-state index is 0.0697. The number of sulfonamides is 1. The van der Waals surface area contributed by atoms with Gasteiger partial charge in [-0.1, -0.05) is 17.7 Å². The van der Waals surface area contributed by atoms with Crippen LogP contribution in [0.5, 0.6) is 5.75 Å². The predicted octanol–water partition coefficient (Wildman–Crippen LogP) is 3.74. The number of hydrazone groups is 1. The van der Waals surface area contributed by atoms with Crippen molar-refractivity contribution in [3.8, 4) is 5.75 Å². The van der Waals surface area contributed by atoms with Gasteiger partial charge >= 0.3 is 0 Å². The Morgan fingerprint density at radius 1 is 1.05 bits per heavy atom. The fourth-order valence-corrected chi connectivity index (χ4v) is 5.96. The van der Waals surface area contributed by atoms with Crippen molar-refractivity contribution >= 4 is 45.5 Å². The number of hydrogen-bond donors (Lipinski definition) is 2. The number of anilines is 1. The molecule has 4 rings (SSSR count). The van der Waals surface area contributed by atoms with Gasteiger partial charge < -0.3 is 14.8 Å². The van der Waals surface area contributed by atoms with Crippen molar-refractivity contribution in [2.24, 2.45) is 5.10 Å². The summed E-state index contributed by atoms with van der Waals surface area (Å²) in [5.41, 5.74) is 4.40. The van der Waals surface area contributed by atoms with Crippen molar-refractivity contribution in [3.63, 3.8) is 0 Å². The van der Waals surface area contributed by atoms with E-state index in [1.54, 1.807) is 60.7 Å². The lowest BCUT2D eigenvalue weighted by Crippen LogP contribution is -2.39. The topological polar surface area (TPSA) is 126 Å². The summed E-state index contributed by atoms with van der Waals surface area (Å²) in [7, 11) is -4.03. The molecule has 0 spiro atoms. The zero-order valence-electron chi connectivity index (χ0n) is 23.5. The van der Waals surface area contributed by atoms with Crippen LogP contribution in [0.15, 0.2) is 87.7 Å². The number of ether oxygens (including phenoxy) is 2. The second kappa shape index (κ2) is 14.9. The third-order valence-electron chi connectivity index (χ3n) is 6.46. The van der Waals surface area contributed by atoms with Crippen molar-refractivity contribution < 1.29 is 27.5 Å². The first-order chi connectivity index (χ1) is 20.2. The summed E-state index contributed by atoms with van der Waals surface area (Å²) in [5, 5.41) is 6.78. The third kappa shape index (κ3) is 8.81. The van der Waals surface area contributed by atoms with Crippen molar-refractivity contribution in [1.29, 1.82) is 0 Å². The summed E-state index contributed by atoms with van der Waals surface area (Å²) < 4.78 is 39.1. The molecule has 0 aromatic heterocycles. The number of amides is 2. The van der Waals surface area contributed by atoms with Crippen LogP contribution in [0.4, 0.5) is 5.69 Å². The number of hydrogen-bond acceptors (Lipinski definition) is 8. The van der Waals surface area contributed by atoms with Gasteiger partial charge in [-0.25, -0.2) is 13.8 Å². The largest absolute Gasteiger partial charge is 0.484 e. The molecule has 1 aliphatic heterocycles. The van der Waals surface area contributed by atoms with Gasteiger partial charge in [-0.05, 0) is 92.2 Å². The number of thioether (sulfide) groups is 1. The predicted molar refractivity (Wildman–Crippen MR) is 164 cm³/mol. The third-order valence-corrected chi connectivity index (χ3v) is 8.99. The maximum Gasteiger partial charge on any atom is 0.264 e. The first-order valence-corrected chi connectivity index (χ1v) is 16.1. The number of carbonyl (C=O) groups excluding carboxylic acids is 2. The van der Waals surface area contributed by atoms with Gasteiger partial charge in [0.05, 0.1) is 22.9 Å². The lowest BCUT2D eigenvalue weighted by molar-refractivity contribution is -0.123. The second-order valence-electron chi connectivity index (χ2n) is 9.61. The Morgan fingerprint density at radius 2 is 1.76 bits per heavy atom. The minimum atomic E-state index is -4.03. The molecule has 3 aromatic rings. The molecule has 1 fully saturated rings. The van der Waals surface area contributed by atoms with E-state index in [-0.39, 0.29) is 23.5 Å². The molecule has 0 saturated carbocycles. The number of rotatable bonds is 13. The molecule has 1 aliphatic rings. The zero-order valence-corrected chi connectivity index (χ0v) is 25.1. The summed E-state index contributed by atoms with van der Waals surface area (Å²) in [4.78, 5) is 25.8. The van der Waals surface area contributed by atoms with Crippen LogP contribution in [0.2, 0.25) is 0 Å². The Morgan fingerprint density at radius 3 is 2.40 bits per heavy atom. The summed E-state index contributed by atoms with van der Waals surface area (Å²) >= 11 is 1.51. The lowest BCUT2D eigenvalue weighted by atomic mass is 10.2. The summed E-state index contributed by atoms with van der Waals surface area (Å²) in [5.74, 6) is -0.324. The Kier molecular flexibility index (Phi) is 11.0. The molecule has 2 amide bonds. The van der Waals surface area contributed by atoms with E-state index in [9.17, 15) is 18.0 Å². The molecule has 3 aromatic carbocycles. The maximum absolute atomic E-state index is 13.5. The van der Waals surface area contributed by atoms with Gasteiger partial charge in [0.25, 0.3) is 21.8 Å². The van der Waals surface area contributed by atoms with E-state index in [0.29, 0.717) is 23.5 Å². The number of nitrogens with one attached hydrogen (secondary N) is 2. The van der Waals surface area contributed by atoms with Crippen molar-refractivity contribution in [3.05, 3.63) is 83.9 Å². The Labute approximate surface area is 250 Å². The smallest absolute Gasteiger partial charge is 0.264 e. The molecule has 12 heteroatoms. The zero-order chi connectivity index (χ0) is 30.0. The maximum atomic E-state index is 13.5. The normalized spacial score (nSPS) is 15.0. The van der Waals surface area contributed by atoms with Crippen LogP contribution in [0.1, 0.15) is 24.0 Å². The standard InChI is InChI=1S/C30H34N4O6S2/c1-22-5-9-24(10-6-22)34(42(37,38)28-15-13-27(41-2)14-16-28)20-29(35)33-32-18-23-7-11-25(12-8-23)40-21-30(36)31-19-26-4-3-17-39-26/h5-16,18,26H,3-4,17,19-21H2,1-2H3,(H,31,36)(H,33,35)/b32-18-/t26-/m0/s1. The monoisotopic (exact) mass is 610 g/mol. The fourth-order valence-electron chi connectivity index (χ4n) is 4.13. The molecule has 0 aliphatic carbocycles. The van der Waals surface area contributed by atoms with E-state index in [4.69, 9.17) is 9.47 Å². The summed E-state index contributed by atoms with van der Waals surface area (Å²) in [6, 6.07) is 20.2. The van der Waals surface area contributed by atoms with Crippen molar-refractivity contribution in [2.45, 2.75) is 35.7 Å². The van der Waals surface area contributed by atoms with E-state index in [2.05, 4.69) is 15.8 Å². The average Bonchev–Trinajstić information content (AvgIpc) is 3.53. The van der Waals surface area contributed by atoms with Gasteiger partial charge in [0.2, 0.25) is 0 Å². The number of benzene rings is 3.